The van der Waals surface area contributed by atoms with Gasteiger partial charge in [0.2, 0.25) is 5.91 Å². The molecule has 1 heterocycles. The first-order chi connectivity index (χ1) is 10.1. The zero-order valence-electron chi connectivity index (χ0n) is 12.0. The molecule has 0 spiro atoms. The first-order valence-corrected chi connectivity index (χ1v) is 7.33. The minimum Gasteiger partial charge on any atom is -0.453 e. The number of hydrogen-bond donors (Lipinski definition) is 0. The second-order valence-electron chi connectivity index (χ2n) is 4.99. The third-order valence-electron chi connectivity index (χ3n) is 3.55. The maximum atomic E-state index is 12.3. The van der Waals surface area contributed by atoms with Crippen molar-refractivity contribution in [2.24, 2.45) is 0 Å². The Bertz CT molecular complexity index is 504. The number of carbonyl (C=O) groups is 2. The fourth-order valence-electron chi connectivity index (χ4n) is 2.37. The molecule has 1 aliphatic rings. The number of benzene rings is 1. The van der Waals surface area contributed by atoms with Crippen LogP contribution in [-0.2, 0) is 16.0 Å². The van der Waals surface area contributed by atoms with Gasteiger partial charge in [0.15, 0.2) is 0 Å². The van der Waals surface area contributed by atoms with E-state index in [9.17, 15) is 9.59 Å². The fourth-order valence-corrected chi connectivity index (χ4v) is 2.49. The van der Waals surface area contributed by atoms with Crippen LogP contribution in [0.3, 0.4) is 0 Å². The molecule has 1 saturated heterocycles. The molecule has 0 atom stereocenters. The van der Waals surface area contributed by atoms with Crippen LogP contribution in [0.25, 0.3) is 0 Å². The Morgan fingerprint density at radius 1 is 1.10 bits per heavy atom. The molecular weight excluding hydrogens is 292 g/mol. The van der Waals surface area contributed by atoms with Crippen molar-refractivity contribution < 1.29 is 14.3 Å². The molecule has 0 bridgehead atoms. The lowest BCUT2D eigenvalue weighted by atomic mass is 10.1. The van der Waals surface area contributed by atoms with E-state index in [1.807, 2.05) is 12.1 Å². The second kappa shape index (κ2) is 7.31. The van der Waals surface area contributed by atoms with Crippen molar-refractivity contribution in [3.63, 3.8) is 0 Å². The summed E-state index contributed by atoms with van der Waals surface area (Å²) in [5, 5.41) is 0.662. The molecule has 0 N–H and O–H groups in total. The first kappa shape index (κ1) is 15.6. The van der Waals surface area contributed by atoms with Crippen molar-refractivity contribution >= 4 is 23.6 Å². The highest BCUT2D eigenvalue weighted by atomic mass is 35.5. The van der Waals surface area contributed by atoms with E-state index < -0.39 is 0 Å². The summed E-state index contributed by atoms with van der Waals surface area (Å²) in [4.78, 5) is 27.3. The van der Waals surface area contributed by atoms with E-state index >= 15 is 0 Å². The molecule has 2 rings (SSSR count). The molecule has 0 aromatic heterocycles. The lowest BCUT2D eigenvalue weighted by Gasteiger charge is -2.21. The van der Waals surface area contributed by atoms with Crippen LogP contribution in [0.5, 0.6) is 0 Å². The molecule has 0 aliphatic carbocycles. The van der Waals surface area contributed by atoms with Gasteiger partial charge in [-0.1, -0.05) is 23.7 Å². The quantitative estimate of drug-likeness (QED) is 0.841. The Kier molecular flexibility index (Phi) is 5.44. The zero-order valence-corrected chi connectivity index (χ0v) is 12.8. The van der Waals surface area contributed by atoms with Crippen LogP contribution in [0, 0.1) is 0 Å². The topological polar surface area (TPSA) is 49.9 Å². The van der Waals surface area contributed by atoms with E-state index in [-0.39, 0.29) is 12.0 Å². The van der Waals surface area contributed by atoms with Gasteiger partial charge in [0.25, 0.3) is 0 Å². The van der Waals surface area contributed by atoms with E-state index in [2.05, 4.69) is 0 Å². The van der Waals surface area contributed by atoms with Gasteiger partial charge in [-0.25, -0.2) is 4.79 Å². The van der Waals surface area contributed by atoms with Gasteiger partial charge in [-0.2, -0.15) is 0 Å². The summed E-state index contributed by atoms with van der Waals surface area (Å²) in [6.07, 6.45) is 0.790. The summed E-state index contributed by atoms with van der Waals surface area (Å²) in [5.41, 5.74) is 0.943. The van der Waals surface area contributed by atoms with Gasteiger partial charge in [0.1, 0.15) is 0 Å². The lowest BCUT2D eigenvalue weighted by Crippen LogP contribution is -2.37. The normalized spacial score (nSPS) is 15.5. The van der Waals surface area contributed by atoms with E-state index in [1.165, 1.54) is 7.11 Å². The maximum Gasteiger partial charge on any atom is 0.409 e. The number of amides is 2. The predicted octanol–water partition coefficient (Wildman–Crippen LogP) is 2.18. The highest BCUT2D eigenvalue weighted by Crippen LogP contribution is 2.12. The number of carbonyl (C=O) groups excluding carboxylic acids is 2. The largest absolute Gasteiger partial charge is 0.453 e. The molecule has 1 aromatic carbocycles. The Morgan fingerprint density at radius 2 is 1.71 bits per heavy atom. The smallest absolute Gasteiger partial charge is 0.409 e. The van der Waals surface area contributed by atoms with E-state index in [0.717, 1.165) is 12.0 Å². The minimum absolute atomic E-state index is 0.0732. The van der Waals surface area contributed by atoms with E-state index in [1.54, 1.807) is 21.9 Å². The van der Waals surface area contributed by atoms with Crippen LogP contribution < -0.4 is 0 Å². The zero-order chi connectivity index (χ0) is 15.2. The second-order valence-corrected chi connectivity index (χ2v) is 5.43. The summed E-state index contributed by atoms with van der Waals surface area (Å²) >= 11 is 5.83. The molecule has 5 nitrogen and oxygen atoms in total. The SMILES string of the molecule is COC(=O)N1CCCN(C(=O)Cc2ccc(Cl)cc2)CC1. The van der Waals surface area contributed by atoms with Crippen molar-refractivity contribution in [1.29, 1.82) is 0 Å². The predicted molar refractivity (Wildman–Crippen MR) is 80.3 cm³/mol. The van der Waals surface area contributed by atoms with Crippen molar-refractivity contribution in [2.45, 2.75) is 12.8 Å². The molecule has 2 amide bonds. The third kappa shape index (κ3) is 4.36. The van der Waals surface area contributed by atoms with E-state index in [0.29, 0.717) is 37.6 Å². The molecule has 0 radical (unpaired) electrons. The molecule has 1 aliphatic heterocycles. The van der Waals surface area contributed by atoms with Crippen LogP contribution in [0.1, 0.15) is 12.0 Å². The number of rotatable bonds is 2. The Balaban J connectivity index is 1.91. The number of halogens is 1. The van der Waals surface area contributed by atoms with E-state index in [4.69, 9.17) is 16.3 Å². The highest BCUT2D eigenvalue weighted by molar-refractivity contribution is 6.30. The van der Waals surface area contributed by atoms with Crippen molar-refractivity contribution in [1.82, 2.24) is 9.80 Å². The Morgan fingerprint density at radius 3 is 2.38 bits per heavy atom. The standard InChI is InChI=1S/C15H19ClN2O3/c1-21-15(20)18-8-2-7-17(9-10-18)14(19)11-12-3-5-13(16)6-4-12/h3-6H,2,7-11H2,1H3. The van der Waals surface area contributed by atoms with Crippen LogP contribution in [0.4, 0.5) is 4.79 Å². The molecule has 1 aromatic rings. The van der Waals surface area contributed by atoms with Gasteiger partial charge in [-0.05, 0) is 24.1 Å². The summed E-state index contributed by atoms with van der Waals surface area (Å²) < 4.78 is 4.72. The van der Waals surface area contributed by atoms with Crippen LogP contribution >= 0.6 is 11.6 Å². The molecule has 0 saturated carbocycles. The van der Waals surface area contributed by atoms with Crippen molar-refractivity contribution in [3.8, 4) is 0 Å². The fraction of sp³-hybridized carbons (Fsp3) is 0.467. The lowest BCUT2D eigenvalue weighted by molar-refractivity contribution is -0.130. The van der Waals surface area contributed by atoms with Crippen LogP contribution in [0.2, 0.25) is 5.02 Å². The van der Waals surface area contributed by atoms with Crippen LogP contribution in [0.15, 0.2) is 24.3 Å². The molecular formula is C15H19ClN2O3. The monoisotopic (exact) mass is 310 g/mol. The number of nitrogens with zero attached hydrogens (tertiary/aromatic N) is 2. The van der Waals surface area contributed by atoms with Crippen molar-refractivity contribution in [3.05, 3.63) is 34.9 Å². The van der Waals surface area contributed by atoms with Crippen LogP contribution in [-0.4, -0.2) is 55.1 Å². The number of ether oxygens (including phenoxy) is 1. The van der Waals surface area contributed by atoms with Gasteiger partial charge >= 0.3 is 6.09 Å². The summed E-state index contributed by atoms with van der Waals surface area (Å²) in [6, 6.07) is 7.29. The third-order valence-corrected chi connectivity index (χ3v) is 3.80. The molecule has 21 heavy (non-hydrogen) atoms. The maximum absolute atomic E-state index is 12.3. The summed E-state index contributed by atoms with van der Waals surface area (Å²) in [7, 11) is 1.37. The molecule has 6 heteroatoms. The molecule has 1 fully saturated rings. The van der Waals surface area contributed by atoms with Gasteiger partial charge < -0.3 is 14.5 Å². The number of methoxy groups -OCH3 is 1. The molecule has 0 unspecified atom stereocenters. The van der Waals surface area contributed by atoms with Crippen molar-refractivity contribution in [2.75, 3.05) is 33.3 Å². The average Bonchev–Trinajstić information content (AvgIpc) is 2.75. The highest BCUT2D eigenvalue weighted by Gasteiger charge is 2.22. The molecule has 114 valence electrons. The Hall–Kier alpha value is -1.75. The summed E-state index contributed by atoms with van der Waals surface area (Å²) in [5.74, 6) is 0.0732. The van der Waals surface area contributed by atoms with Gasteiger partial charge in [-0.15, -0.1) is 0 Å². The average molecular weight is 311 g/mol. The first-order valence-electron chi connectivity index (χ1n) is 6.95. The summed E-state index contributed by atoms with van der Waals surface area (Å²) in [6.45, 7) is 2.35. The van der Waals surface area contributed by atoms with Gasteiger partial charge in [0, 0.05) is 31.2 Å². The Labute approximate surface area is 129 Å². The van der Waals surface area contributed by atoms with Gasteiger partial charge in [-0.3, -0.25) is 4.79 Å². The minimum atomic E-state index is -0.331. The van der Waals surface area contributed by atoms with Gasteiger partial charge in [0.05, 0.1) is 13.5 Å². The number of hydrogen-bond acceptors (Lipinski definition) is 3.